The Bertz CT molecular complexity index is 1010. The van der Waals surface area contributed by atoms with Gasteiger partial charge in [0, 0.05) is 25.4 Å². The van der Waals surface area contributed by atoms with Crippen molar-refractivity contribution in [3.63, 3.8) is 0 Å². The Morgan fingerprint density at radius 1 is 1.21 bits per heavy atom. The molecule has 0 unspecified atom stereocenters. The summed E-state index contributed by atoms with van der Waals surface area (Å²) in [6.07, 6.45) is 2.24. The number of carbonyl (C=O) groups excluding carboxylic acids is 1. The van der Waals surface area contributed by atoms with E-state index in [0.717, 1.165) is 16.9 Å². The summed E-state index contributed by atoms with van der Waals surface area (Å²) in [5, 5.41) is 0.597. The fourth-order valence-corrected chi connectivity index (χ4v) is 3.92. The van der Waals surface area contributed by atoms with Crippen molar-refractivity contribution in [2.24, 2.45) is 0 Å². The number of hydrogen-bond donors (Lipinski definition) is 0. The lowest BCUT2D eigenvalue weighted by Crippen LogP contribution is -2.25. The van der Waals surface area contributed by atoms with Crippen LogP contribution >= 0.6 is 11.6 Å². The molecule has 1 aromatic heterocycles. The first kappa shape index (κ1) is 18.6. The molecule has 0 radical (unpaired) electrons. The Labute approximate surface area is 169 Å². The molecule has 1 amide bonds. The first-order valence-corrected chi connectivity index (χ1v) is 9.76. The van der Waals surface area contributed by atoms with Crippen molar-refractivity contribution in [2.75, 3.05) is 19.7 Å². The largest absolute Gasteiger partial charge is 0.490 e. The number of aromatic nitrogens is 2. The van der Waals surface area contributed by atoms with Crippen molar-refractivity contribution in [1.29, 1.82) is 0 Å². The van der Waals surface area contributed by atoms with Gasteiger partial charge in [-0.3, -0.25) is 4.79 Å². The highest BCUT2D eigenvalue weighted by atomic mass is 35.5. The highest BCUT2D eigenvalue weighted by molar-refractivity contribution is 6.32. The first-order chi connectivity index (χ1) is 13.7. The third kappa shape index (κ3) is 3.62. The third-order valence-corrected chi connectivity index (χ3v) is 5.33. The molecule has 0 aliphatic carbocycles. The van der Waals surface area contributed by atoms with Crippen molar-refractivity contribution in [1.82, 2.24) is 14.5 Å². The zero-order valence-electron chi connectivity index (χ0n) is 15.6. The molecule has 5 nitrogen and oxygen atoms in total. The van der Waals surface area contributed by atoms with Gasteiger partial charge in [0.05, 0.1) is 22.6 Å². The minimum Gasteiger partial charge on any atom is -0.490 e. The molecule has 1 atom stereocenters. The molecule has 28 heavy (non-hydrogen) atoms. The van der Waals surface area contributed by atoms with Crippen molar-refractivity contribution >= 4 is 28.5 Å². The second-order valence-corrected chi connectivity index (χ2v) is 7.28. The monoisotopic (exact) mass is 395 g/mol. The topological polar surface area (TPSA) is 47.4 Å². The van der Waals surface area contributed by atoms with Crippen LogP contribution in [0.25, 0.3) is 11.0 Å². The minimum atomic E-state index is 0.0696. The fourth-order valence-electron chi connectivity index (χ4n) is 3.73. The lowest BCUT2D eigenvalue weighted by atomic mass is 10.1. The van der Waals surface area contributed by atoms with Gasteiger partial charge in [0.25, 0.3) is 0 Å². The highest BCUT2D eigenvalue weighted by Gasteiger charge is 2.33. The summed E-state index contributed by atoms with van der Waals surface area (Å²) in [5.41, 5.74) is 1.99. The van der Waals surface area contributed by atoms with Gasteiger partial charge in [0.1, 0.15) is 18.2 Å². The van der Waals surface area contributed by atoms with Gasteiger partial charge in [0.15, 0.2) is 0 Å². The third-order valence-electron chi connectivity index (χ3n) is 5.02. The smallest absolute Gasteiger partial charge is 0.223 e. The lowest BCUT2D eigenvalue weighted by Gasteiger charge is -2.16. The quantitative estimate of drug-likeness (QED) is 0.561. The SMILES string of the molecule is C=CCN1C[C@H](c2nc3ccccc3n2CCOc2ccccc2Cl)CC1=O. The fraction of sp³-hybridized carbons (Fsp3) is 0.273. The van der Waals surface area contributed by atoms with Crippen LogP contribution in [0.5, 0.6) is 5.75 Å². The predicted octanol–water partition coefficient (Wildman–Crippen LogP) is 4.27. The van der Waals surface area contributed by atoms with Crippen molar-refractivity contribution in [3.8, 4) is 5.75 Å². The number of rotatable bonds is 7. The maximum Gasteiger partial charge on any atom is 0.223 e. The normalized spacial score (nSPS) is 16.7. The van der Waals surface area contributed by atoms with Gasteiger partial charge in [-0.25, -0.2) is 4.98 Å². The van der Waals surface area contributed by atoms with E-state index in [1.165, 1.54) is 0 Å². The second kappa shape index (κ2) is 8.07. The summed E-state index contributed by atoms with van der Waals surface area (Å²) in [4.78, 5) is 19.0. The van der Waals surface area contributed by atoms with E-state index in [-0.39, 0.29) is 11.8 Å². The molecule has 1 aliphatic rings. The van der Waals surface area contributed by atoms with Crippen molar-refractivity contribution in [2.45, 2.75) is 18.9 Å². The van der Waals surface area contributed by atoms with Crippen LogP contribution < -0.4 is 4.74 Å². The molecule has 0 spiro atoms. The summed E-state index contributed by atoms with van der Waals surface area (Å²) in [6.45, 7) is 6.08. The lowest BCUT2D eigenvalue weighted by molar-refractivity contribution is -0.127. The Morgan fingerprint density at radius 3 is 2.82 bits per heavy atom. The number of hydrogen-bond acceptors (Lipinski definition) is 3. The Hall–Kier alpha value is -2.79. The number of amides is 1. The van der Waals surface area contributed by atoms with E-state index < -0.39 is 0 Å². The number of benzene rings is 2. The van der Waals surface area contributed by atoms with E-state index in [1.807, 2.05) is 47.4 Å². The van der Waals surface area contributed by atoms with E-state index in [9.17, 15) is 4.79 Å². The Morgan fingerprint density at radius 2 is 2.00 bits per heavy atom. The standard InChI is InChI=1S/C22H22ClN3O2/c1-2-11-25-15-16(14-21(25)27)22-24-18-8-4-5-9-19(18)26(22)12-13-28-20-10-6-3-7-17(20)23/h2-10,16H,1,11-15H2/t16-/m1/s1. The molecule has 3 aromatic rings. The molecule has 1 aliphatic heterocycles. The van der Waals surface area contributed by atoms with Crippen LogP contribution in [0.2, 0.25) is 5.02 Å². The zero-order chi connectivity index (χ0) is 19.5. The molecule has 1 fully saturated rings. The van der Waals surface area contributed by atoms with Gasteiger partial charge in [-0.2, -0.15) is 0 Å². The van der Waals surface area contributed by atoms with Crippen LogP contribution in [0.3, 0.4) is 0 Å². The van der Waals surface area contributed by atoms with Crippen LogP contribution in [-0.4, -0.2) is 40.1 Å². The Balaban J connectivity index is 1.58. The van der Waals surface area contributed by atoms with E-state index >= 15 is 0 Å². The number of ether oxygens (including phenoxy) is 1. The van der Waals surface area contributed by atoms with Crippen LogP contribution in [0.15, 0.2) is 61.2 Å². The first-order valence-electron chi connectivity index (χ1n) is 9.38. The van der Waals surface area contributed by atoms with Crippen LogP contribution in [-0.2, 0) is 11.3 Å². The number of imidazole rings is 1. The van der Waals surface area contributed by atoms with E-state index in [0.29, 0.717) is 43.4 Å². The molecule has 6 heteroatoms. The number of nitrogens with zero attached hydrogens (tertiary/aromatic N) is 3. The molecule has 2 aromatic carbocycles. The van der Waals surface area contributed by atoms with Crippen LogP contribution in [0, 0.1) is 0 Å². The Kier molecular flexibility index (Phi) is 5.35. The van der Waals surface area contributed by atoms with E-state index in [1.54, 1.807) is 6.08 Å². The molecular weight excluding hydrogens is 374 g/mol. The molecular formula is C22H22ClN3O2. The van der Waals surface area contributed by atoms with Crippen LogP contribution in [0.4, 0.5) is 0 Å². The molecule has 0 N–H and O–H groups in total. The number of fused-ring (bicyclic) bond motifs is 1. The molecule has 144 valence electrons. The van der Waals surface area contributed by atoms with Gasteiger partial charge in [-0.05, 0) is 24.3 Å². The van der Waals surface area contributed by atoms with Crippen molar-refractivity contribution < 1.29 is 9.53 Å². The molecule has 2 heterocycles. The summed E-state index contributed by atoms with van der Waals surface area (Å²) in [7, 11) is 0. The predicted molar refractivity (Wildman–Crippen MR) is 111 cm³/mol. The zero-order valence-corrected chi connectivity index (χ0v) is 16.3. The number of carbonyl (C=O) groups is 1. The maximum absolute atomic E-state index is 12.3. The number of likely N-dealkylation sites (tertiary alicyclic amines) is 1. The maximum atomic E-state index is 12.3. The van der Waals surface area contributed by atoms with E-state index in [4.69, 9.17) is 21.3 Å². The summed E-state index contributed by atoms with van der Waals surface area (Å²) < 4.78 is 8.05. The van der Waals surface area contributed by atoms with Crippen molar-refractivity contribution in [3.05, 3.63) is 72.0 Å². The van der Waals surface area contributed by atoms with Gasteiger partial charge in [0.2, 0.25) is 5.91 Å². The van der Waals surface area contributed by atoms with Crippen LogP contribution in [0.1, 0.15) is 18.2 Å². The summed E-state index contributed by atoms with van der Waals surface area (Å²) in [5.74, 6) is 1.82. The average molecular weight is 396 g/mol. The van der Waals surface area contributed by atoms with Gasteiger partial charge in [-0.15, -0.1) is 6.58 Å². The number of para-hydroxylation sites is 3. The summed E-state index contributed by atoms with van der Waals surface area (Å²) >= 11 is 6.18. The molecule has 0 saturated carbocycles. The number of halogens is 1. The second-order valence-electron chi connectivity index (χ2n) is 6.88. The average Bonchev–Trinajstić information content (AvgIpc) is 3.24. The van der Waals surface area contributed by atoms with E-state index in [2.05, 4.69) is 17.2 Å². The molecule has 4 rings (SSSR count). The molecule has 0 bridgehead atoms. The minimum absolute atomic E-state index is 0.0696. The highest BCUT2D eigenvalue weighted by Crippen LogP contribution is 2.30. The van der Waals surface area contributed by atoms with Gasteiger partial charge >= 0.3 is 0 Å². The summed E-state index contributed by atoms with van der Waals surface area (Å²) in [6, 6.07) is 15.5. The van der Waals surface area contributed by atoms with Gasteiger partial charge < -0.3 is 14.2 Å². The molecule has 1 saturated heterocycles. The van der Waals surface area contributed by atoms with Gasteiger partial charge in [-0.1, -0.05) is 41.9 Å².